The molecule has 0 radical (unpaired) electrons. The predicted octanol–water partition coefficient (Wildman–Crippen LogP) is 1.84. The Balaban J connectivity index is 4.65. The average molecular weight is 472 g/mol. The second-order valence-corrected chi connectivity index (χ2v) is 7.32. The van der Waals surface area contributed by atoms with E-state index in [2.05, 4.69) is 18.5 Å². The lowest BCUT2D eigenvalue weighted by Crippen LogP contribution is -2.36. The van der Waals surface area contributed by atoms with Crippen LogP contribution in [-0.4, -0.2) is 69.0 Å². The third-order valence-electron chi connectivity index (χ3n) is 4.25. The fourth-order valence-electron chi connectivity index (χ4n) is 1.90. The number of rotatable bonds is 16. The van der Waals surface area contributed by atoms with E-state index in [4.69, 9.17) is 23.7 Å². The second kappa shape index (κ2) is 16.3. The highest BCUT2D eigenvalue weighted by Gasteiger charge is 2.29. The maximum Gasteiger partial charge on any atom is 0.407 e. The van der Waals surface area contributed by atoms with Crippen LogP contribution in [0.15, 0.2) is 25.3 Å². The standard InChI is InChI=1S/C22H33NO10/c1-6-17(24)29-12-9-10-19(26)33-16(14-31-20(27)22(4,5)8-3)15-32-21(28)23-11-13-30-18(25)7-2/h6-7,16H,1-2,8-15H2,3-5H3,(H,23,28). The Bertz CT molecular complexity index is 701. The molecule has 0 saturated heterocycles. The summed E-state index contributed by atoms with van der Waals surface area (Å²) >= 11 is 0. The smallest absolute Gasteiger partial charge is 0.407 e. The van der Waals surface area contributed by atoms with Gasteiger partial charge in [-0.2, -0.15) is 0 Å². The van der Waals surface area contributed by atoms with Crippen molar-refractivity contribution in [2.75, 3.05) is 33.0 Å². The highest BCUT2D eigenvalue weighted by atomic mass is 16.6. The molecular weight excluding hydrogens is 438 g/mol. The minimum atomic E-state index is -1.05. The average Bonchev–Trinajstić information content (AvgIpc) is 2.80. The van der Waals surface area contributed by atoms with Gasteiger partial charge in [0, 0.05) is 18.6 Å². The second-order valence-electron chi connectivity index (χ2n) is 7.32. The lowest BCUT2D eigenvalue weighted by atomic mass is 9.91. The van der Waals surface area contributed by atoms with Crippen LogP contribution in [0.3, 0.4) is 0 Å². The zero-order chi connectivity index (χ0) is 25.3. The van der Waals surface area contributed by atoms with Crippen LogP contribution in [0.5, 0.6) is 0 Å². The highest BCUT2D eigenvalue weighted by Crippen LogP contribution is 2.21. The Morgan fingerprint density at radius 3 is 2.06 bits per heavy atom. The summed E-state index contributed by atoms with van der Waals surface area (Å²) in [4.78, 5) is 58.0. The zero-order valence-corrected chi connectivity index (χ0v) is 19.4. The molecule has 1 N–H and O–H groups in total. The molecule has 11 heteroatoms. The Morgan fingerprint density at radius 1 is 0.909 bits per heavy atom. The van der Waals surface area contributed by atoms with Crippen molar-refractivity contribution in [3.05, 3.63) is 25.3 Å². The van der Waals surface area contributed by atoms with Gasteiger partial charge < -0.3 is 29.0 Å². The van der Waals surface area contributed by atoms with Crippen molar-refractivity contribution in [1.29, 1.82) is 0 Å². The summed E-state index contributed by atoms with van der Waals surface area (Å²) in [6, 6.07) is 0. The molecule has 186 valence electrons. The summed E-state index contributed by atoms with van der Waals surface area (Å²) in [7, 11) is 0. The van der Waals surface area contributed by atoms with Crippen LogP contribution < -0.4 is 5.32 Å². The van der Waals surface area contributed by atoms with Crippen LogP contribution in [0.25, 0.3) is 0 Å². The van der Waals surface area contributed by atoms with Gasteiger partial charge in [-0.25, -0.2) is 14.4 Å². The number of carbonyl (C=O) groups excluding carboxylic acids is 5. The molecule has 0 spiro atoms. The minimum absolute atomic E-state index is 0.000368. The molecule has 11 nitrogen and oxygen atoms in total. The highest BCUT2D eigenvalue weighted by molar-refractivity contribution is 5.81. The van der Waals surface area contributed by atoms with Gasteiger partial charge in [-0.15, -0.1) is 0 Å². The summed E-state index contributed by atoms with van der Waals surface area (Å²) in [5.41, 5.74) is -0.731. The Morgan fingerprint density at radius 2 is 1.48 bits per heavy atom. The summed E-state index contributed by atoms with van der Waals surface area (Å²) in [5.74, 6) is -2.38. The fourth-order valence-corrected chi connectivity index (χ4v) is 1.90. The lowest BCUT2D eigenvalue weighted by molar-refractivity contribution is -0.166. The first-order chi connectivity index (χ1) is 15.5. The normalized spacial score (nSPS) is 11.4. The first-order valence-electron chi connectivity index (χ1n) is 10.4. The number of carbonyl (C=O) groups is 5. The van der Waals surface area contributed by atoms with Gasteiger partial charge in [0.25, 0.3) is 0 Å². The maximum absolute atomic E-state index is 12.2. The topological polar surface area (TPSA) is 144 Å². The number of ether oxygens (including phenoxy) is 5. The van der Waals surface area contributed by atoms with Crippen LogP contribution in [0.2, 0.25) is 0 Å². The van der Waals surface area contributed by atoms with Gasteiger partial charge >= 0.3 is 30.0 Å². The maximum atomic E-state index is 12.2. The van der Waals surface area contributed by atoms with E-state index in [1.165, 1.54) is 0 Å². The van der Waals surface area contributed by atoms with E-state index < -0.39 is 41.5 Å². The zero-order valence-electron chi connectivity index (χ0n) is 19.4. The molecule has 0 aliphatic heterocycles. The SMILES string of the molecule is C=CC(=O)OCCCC(=O)OC(COC(=O)NCCOC(=O)C=C)COC(=O)C(C)(C)CC. The molecule has 0 saturated carbocycles. The van der Waals surface area contributed by atoms with Crippen LogP contribution in [-0.2, 0) is 42.9 Å². The number of esters is 4. The lowest BCUT2D eigenvalue weighted by Gasteiger charge is -2.23. The number of hydrogen-bond acceptors (Lipinski definition) is 10. The monoisotopic (exact) mass is 471 g/mol. The number of nitrogens with one attached hydrogen (secondary N) is 1. The van der Waals surface area contributed by atoms with Crippen molar-refractivity contribution in [2.45, 2.75) is 46.1 Å². The summed E-state index contributed by atoms with van der Waals surface area (Å²) in [6.45, 7) is 11.0. The Hall–Kier alpha value is -3.37. The van der Waals surface area contributed by atoms with Gasteiger partial charge in [-0.3, -0.25) is 9.59 Å². The molecule has 0 aliphatic rings. The predicted molar refractivity (Wildman–Crippen MR) is 116 cm³/mol. The van der Waals surface area contributed by atoms with Crippen LogP contribution in [0, 0.1) is 5.41 Å². The van der Waals surface area contributed by atoms with Gasteiger partial charge in [0.15, 0.2) is 6.10 Å². The molecule has 0 aromatic heterocycles. The van der Waals surface area contributed by atoms with Crippen molar-refractivity contribution in [3.63, 3.8) is 0 Å². The molecule has 33 heavy (non-hydrogen) atoms. The van der Waals surface area contributed by atoms with Crippen molar-refractivity contribution < 1.29 is 47.7 Å². The third kappa shape index (κ3) is 14.3. The van der Waals surface area contributed by atoms with Crippen LogP contribution in [0.4, 0.5) is 4.79 Å². The molecule has 0 aromatic rings. The first kappa shape index (κ1) is 29.6. The van der Waals surface area contributed by atoms with Crippen LogP contribution >= 0.6 is 0 Å². The van der Waals surface area contributed by atoms with Crippen molar-refractivity contribution in [1.82, 2.24) is 5.32 Å². The first-order valence-corrected chi connectivity index (χ1v) is 10.4. The fraction of sp³-hybridized carbons (Fsp3) is 0.591. The Labute approximate surface area is 193 Å². The quantitative estimate of drug-likeness (QED) is 0.153. The van der Waals surface area contributed by atoms with E-state index in [1.54, 1.807) is 13.8 Å². The van der Waals surface area contributed by atoms with Crippen molar-refractivity contribution in [2.24, 2.45) is 5.41 Å². The van der Waals surface area contributed by atoms with E-state index in [1.807, 2.05) is 6.92 Å². The third-order valence-corrected chi connectivity index (χ3v) is 4.25. The molecule has 1 atom stereocenters. The number of amides is 1. The molecule has 1 amide bonds. The molecule has 0 rings (SSSR count). The molecule has 0 fully saturated rings. The van der Waals surface area contributed by atoms with E-state index in [-0.39, 0.29) is 45.8 Å². The summed E-state index contributed by atoms with van der Waals surface area (Å²) in [6.07, 6.45) is 0.772. The Kier molecular flexibility index (Phi) is 14.6. The van der Waals surface area contributed by atoms with Gasteiger partial charge in [-0.05, 0) is 26.7 Å². The van der Waals surface area contributed by atoms with E-state index in [0.717, 1.165) is 12.2 Å². The van der Waals surface area contributed by atoms with E-state index in [9.17, 15) is 24.0 Å². The number of alkyl carbamates (subject to hydrolysis) is 1. The summed E-state index contributed by atoms with van der Waals surface area (Å²) in [5, 5.41) is 2.35. The van der Waals surface area contributed by atoms with E-state index >= 15 is 0 Å². The van der Waals surface area contributed by atoms with Gasteiger partial charge in [-0.1, -0.05) is 20.1 Å². The number of hydrogen-bond donors (Lipinski definition) is 1. The molecule has 1 unspecified atom stereocenters. The molecule has 0 aromatic carbocycles. The van der Waals surface area contributed by atoms with Gasteiger partial charge in [0.1, 0.15) is 19.8 Å². The molecule has 0 bridgehead atoms. The van der Waals surface area contributed by atoms with Gasteiger partial charge in [0.2, 0.25) is 0 Å². The summed E-state index contributed by atoms with van der Waals surface area (Å²) < 4.78 is 24.9. The van der Waals surface area contributed by atoms with Crippen molar-refractivity contribution >= 4 is 30.0 Å². The molecule has 0 aliphatic carbocycles. The van der Waals surface area contributed by atoms with Gasteiger partial charge in [0.05, 0.1) is 18.6 Å². The van der Waals surface area contributed by atoms with E-state index in [0.29, 0.717) is 6.42 Å². The molecular formula is C22H33NO10. The minimum Gasteiger partial charge on any atom is -0.463 e. The largest absolute Gasteiger partial charge is 0.463 e. The van der Waals surface area contributed by atoms with Crippen LogP contribution in [0.1, 0.15) is 40.0 Å². The molecule has 0 heterocycles. The van der Waals surface area contributed by atoms with Crippen molar-refractivity contribution in [3.8, 4) is 0 Å².